The average Bonchev–Trinajstić information content (AvgIpc) is 3.01. The number of aldehydes is 1. The van der Waals surface area contributed by atoms with Crippen molar-refractivity contribution in [2.24, 2.45) is 0 Å². The Morgan fingerprint density at radius 3 is 2.96 bits per heavy atom. The van der Waals surface area contributed by atoms with E-state index in [4.69, 9.17) is 4.74 Å². The Morgan fingerprint density at radius 1 is 1.26 bits per heavy atom. The molecule has 0 N–H and O–H groups in total. The Kier molecular flexibility index (Phi) is 3.59. The van der Waals surface area contributed by atoms with Crippen LogP contribution in [0, 0.1) is 0 Å². The van der Waals surface area contributed by atoms with Crippen molar-refractivity contribution in [1.82, 2.24) is 19.7 Å². The summed E-state index contributed by atoms with van der Waals surface area (Å²) in [5.41, 5.74) is 2.96. The van der Waals surface area contributed by atoms with Gasteiger partial charge in [0, 0.05) is 36.3 Å². The summed E-state index contributed by atoms with van der Waals surface area (Å²) in [6, 6.07) is 5.78. The second-order valence-corrected chi connectivity index (χ2v) is 5.61. The first-order valence-corrected chi connectivity index (χ1v) is 7.72. The van der Waals surface area contributed by atoms with Gasteiger partial charge in [-0.25, -0.2) is 9.67 Å². The quantitative estimate of drug-likeness (QED) is 0.696. The molecule has 1 atom stereocenters. The van der Waals surface area contributed by atoms with Crippen molar-refractivity contribution >= 4 is 17.3 Å². The van der Waals surface area contributed by atoms with Gasteiger partial charge in [-0.05, 0) is 31.4 Å². The zero-order valence-corrected chi connectivity index (χ0v) is 12.6. The number of hydrogen-bond donors (Lipinski definition) is 0. The molecule has 0 saturated carbocycles. The van der Waals surface area contributed by atoms with Gasteiger partial charge in [0.05, 0.1) is 5.39 Å². The molecule has 6 nitrogen and oxygen atoms in total. The van der Waals surface area contributed by atoms with Gasteiger partial charge in [-0.2, -0.15) is 5.10 Å². The third kappa shape index (κ3) is 2.51. The molecule has 0 aromatic carbocycles. The molecule has 1 aliphatic rings. The first-order chi connectivity index (χ1) is 11.4. The molecule has 1 unspecified atom stereocenters. The maximum atomic E-state index is 11.4. The number of hydrogen-bond acceptors (Lipinski definition) is 5. The number of pyridine rings is 2. The van der Waals surface area contributed by atoms with Crippen molar-refractivity contribution in [3.8, 4) is 11.1 Å². The lowest BCUT2D eigenvalue weighted by molar-refractivity contribution is -0.0370. The summed E-state index contributed by atoms with van der Waals surface area (Å²) in [4.78, 5) is 20.1. The van der Waals surface area contributed by atoms with Crippen LogP contribution in [0.2, 0.25) is 0 Å². The van der Waals surface area contributed by atoms with E-state index in [9.17, 15) is 4.79 Å². The molecule has 3 aromatic rings. The van der Waals surface area contributed by atoms with Crippen LogP contribution >= 0.6 is 0 Å². The van der Waals surface area contributed by atoms with E-state index in [1.54, 1.807) is 23.3 Å². The minimum absolute atomic E-state index is 0.142. The normalized spacial score (nSPS) is 18.2. The molecule has 1 aliphatic heterocycles. The Balaban J connectivity index is 1.83. The van der Waals surface area contributed by atoms with E-state index >= 15 is 0 Å². The van der Waals surface area contributed by atoms with E-state index in [0.29, 0.717) is 11.3 Å². The molecule has 116 valence electrons. The molecular weight excluding hydrogens is 292 g/mol. The Morgan fingerprint density at radius 2 is 2.22 bits per heavy atom. The van der Waals surface area contributed by atoms with Crippen molar-refractivity contribution in [2.75, 3.05) is 6.61 Å². The van der Waals surface area contributed by atoms with Gasteiger partial charge in [0.2, 0.25) is 0 Å². The van der Waals surface area contributed by atoms with Gasteiger partial charge in [0.25, 0.3) is 0 Å². The molecule has 0 aliphatic carbocycles. The van der Waals surface area contributed by atoms with Crippen LogP contribution in [0.4, 0.5) is 0 Å². The van der Waals surface area contributed by atoms with Crippen molar-refractivity contribution < 1.29 is 9.53 Å². The maximum absolute atomic E-state index is 11.4. The van der Waals surface area contributed by atoms with Crippen molar-refractivity contribution in [2.45, 2.75) is 25.5 Å². The number of fused-ring (bicyclic) bond motifs is 1. The van der Waals surface area contributed by atoms with Crippen LogP contribution in [-0.4, -0.2) is 32.6 Å². The molecule has 23 heavy (non-hydrogen) atoms. The van der Waals surface area contributed by atoms with E-state index in [1.807, 2.05) is 18.2 Å². The SMILES string of the molecule is O=Cc1nn(C2CCCCO2)c2ncc(-c3cccnc3)cc12. The average molecular weight is 308 g/mol. The smallest absolute Gasteiger partial charge is 0.171 e. The molecule has 4 rings (SSSR count). The highest BCUT2D eigenvalue weighted by Gasteiger charge is 2.22. The highest BCUT2D eigenvalue weighted by molar-refractivity contribution is 5.95. The summed E-state index contributed by atoms with van der Waals surface area (Å²) in [6.07, 6.45) is 8.97. The second kappa shape index (κ2) is 5.89. The minimum atomic E-state index is -0.142. The first kappa shape index (κ1) is 14.0. The summed E-state index contributed by atoms with van der Waals surface area (Å²) in [6.45, 7) is 0.718. The van der Waals surface area contributed by atoms with Crippen LogP contribution in [0.15, 0.2) is 36.8 Å². The van der Waals surface area contributed by atoms with Gasteiger partial charge in [-0.1, -0.05) is 6.07 Å². The van der Waals surface area contributed by atoms with Crippen LogP contribution in [-0.2, 0) is 4.74 Å². The highest BCUT2D eigenvalue weighted by Crippen LogP contribution is 2.29. The molecule has 6 heteroatoms. The summed E-state index contributed by atoms with van der Waals surface area (Å²) in [5.74, 6) is 0. The van der Waals surface area contributed by atoms with Gasteiger partial charge < -0.3 is 4.74 Å². The molecule has 1 saturated heterocycles. The number of carbonyl (C=O) groups is 1. The summed E-state index contributed by atoms with van der Waals surface area (Å²) in [7, 11) is 0. The summed E-state index contributed by atoms with van der Waals surface area (Å²) < 4.78 is 7.52. The van der Waals surface area contributed by atoms with Crippen LogP contribution < -0.4 is 0 Å². The fraction of sp³-hybridized carbons (Fsp3) is 0.294. The summed E-state index contributed by atoms with van der Waals surface area (Å²) in [5, 5.41) is 5.16. The van der Waals surface area contributed by atoms with Crippen molar-refractivity contribution in [3.63, 3.8) is 0 Å². The molecule has 4 heterocycles. The Bertz CT molecular complexity index is 838. The molecule has 0 radical (unpaired) electrons. The lowest BCUT2D eigenvalue weighted by Crippen LogP contribution is -2.19. The van der Waals surface area contributed by atoms with E-state index in [1.165, 1.54) is 0 Å². The van der Waals surface area contributed by atoms with E-state index < -0.39 is 0 Å². The van der Waals surface area contributed by atoms with Crippen LogP contribution in [0.3, 0.4) is 0 Å². The number of aromatic nitrogens is 4. The maximum Gasteiger partial charge on any atom is 0.171 e. The third-order valence-corrected chi connectivity index (χ3v) is 4.11. The predicted octanol–water partition coefficient (Wildman–Crippen LogP) is 3.00. The van der Waals surface area contributed by atoms with Crippen LogP contribution in [0.1, 0.15) is 36.0 Å². The topological polar surface area (TPSA) is 69.9 Å². The predicted molar refractivity (Wildman–Crippen MR) is 85.0 cm³/mol. The molecule has 0 bridgehead atoms. The standard InChI is InChI=1S/C17H16N4O2/c22-11-15-14-8-13(12-4-3-6-18-9-12)10-19-17(14)21(20-15)16-5-1-2-7-23-16/h3-4,6,8-11,16H,1-2,5,7H2. The Hall–Kier alpha value is -2.60. The van der Waals surface area contributed by atoms with E-state index in [-0.39, 0.29) is 6.23 Å². The Labute approximate surface area is 133 Å². The molecule has 3 aromatic heterocycles. The van der Waals surface area contributed by atoms with Crippen molar-refractivity contribution in [1.29, 1.82) is 0 Å². The van der Waals surface area contributed by atoms with Gasteiger partial charge in [0.1, 0.15) is 5.69 Å². The van der Waals surface area contributed by atoms with Crippen LogP contribution in [0.25, 0.3) is 22.2 Å². The number of ether oxygens (including phenoxy) is 1. The fourth-order valence-electron chi connectivity index (χ4n) is 2.94. The van der Waals surface area contributed by atoms with Crippen LogP contribution in [0.5, 0.6) is 0 Å². The number of carbonyl (C=O) groups excluding carboxylic acids is 1. The fourth-order valence-corrected chi connectivity index (χ4v) is 2.94. The lowest BCUT2D eigenvalue weighted by atomic mass is 10.1. The van der Waals surface area contributed by atoms with E-state index in [2.05, 4.69) is 15.1 Å². The minimum Gasteiger partial charge on any atom is -0.356 e. The zero-order chi connectivity index (χ0) is 15.6. The third-order valence-electron chi connectivity index (χ3n) is 4.11. The summed E-state index contributed by atoms with van der Waals surface area (Å²) >= 11 is 0. The largest absolute Gasteiger partial charge is 0.356 e. The highest BCUT2D eigenvalue weighted by atomic mass is 16.5. The first-order valence-electron chi connectivity index (χ1n) is 7.72. The zero-order valence-electron chi connectivity index (χ0n) is 12.6. The number of rotatable bonds is 3. The molecule has 1 fully saturated rings. The van der Waals surface area contributed by atoms with Gasteiger partial charge in [-0.15, -0.1) is 0 Å². The van der Waals surface area contributed by atoms with Gasteiger partial charge >= 0.3 is 0 Å². The lowest BCUT2D eigenvalue weighted by Gasteiger charge is -2.22. The molecule has 0 spiro atoms. The second-order valence-electron chi connectivity index (χ2n) is 5.61. The molecule has 0 amide bonds. The van der Waals surface area contributed by atoms with Gasteiger partial charge in [0.15, 0.2) is 18.2 Å². The van der Waals surface area contributed by atoms with Gasteiger partial charge in [-0.3, -0.25) is 9.78 Å². The van der Waals surface area contributed by atoms with E-state index in [0.717, 1.165) is 48.7 Å². The van der Waals surface area contributed by atoms with Crippen molar-refractivity contribution in [3.05, 3.63) is 42.5 Å². The monoisotopic (exact) mass is 308 g/mol. The number of nitrogens with zero attached hydrogens (tertiary/aromatic N) is 4. The molecular formula is C17H16N4O2.